The summed E-state index contributed by atoms with van der Waals surface area (Å²) in [5.74, 6) is 1.83. The van der Waals surface area contributed by atoms with E-state index in [1.807, 2.05) is 152 Å². The Balaban J connectivity index is 0.000000110. The standard InChI is InChI=1S/2C43H27N3O.C39H23N3O2/c1-2-14-34-28(9-1)10-6-16-35(34)29-20-22-30(23-21-29)39-26-40(32-12-5-11-31(25-32)33-13-8-24-44-27-33)46-43(45-39)38-18-7-17-37-36-15-3-4-19-41(36)47-42(37)38;1-2-7-34-26-35(21-16-28(34)6-1)30-14-19-33(20-15-30)40-27-39(32-17-12-29(13-18-32)31-22-24-44-25-23-31)45-43(46-40)38-10-5-9-37-36-8-3-4-11-41(36)47-42(37)38;1-3-18-35-27(12-1)29-14-6-16-31(37(29)43-35)34-22-33(25-10-5-9-24(21-25)26-11-8-20-40-23-26)41-39(42-34)32-17-7-15-30-28-13-2-4-19-36(28)44-38(30)32/h2*1-27H;1-23H. The van der Waals surface area contributed by atoms with Gasteiger partial charge < -0.3 is 17.7 Å². The normalized spacial score (nSPS) is 11.5. The van der Waals surface area contributed by atoms with Crippen LogP contribution in [0, 0.1) is 0 Å². The highest BCUT2D eigenvalue weighted by molar-refractivity contribution is 6.13. The minimum Gasteiger partial charge on any atom is -0.455 e. The molecule has 0 bridgehead atoms. The zero-order valence-electron chi connectivity index (χ0n) is 74.1. The molecule has 0 saturated carbocycles. The van der Waals surface area contributed by atoms with Crippen molar-refractivity contribution in [3.8, 4) is 157 Å². The Morgan fingerprint density at radius 1 is 0.145 bits per heavy atom. The Morgan fingerprint density at radius 2 is 0.442 bits per heavy atom. The van der Waals surface area contributed by atoms with Crippen molar-refractivity contribution >= 4 is 109 Å². The summed E-state index contributed by atoms with van der Waals surface area (Å²) >= 11 is 0. The molecule has 13 heteroatoms. The number of benzene rings is 17. The van der Waals surface area contributed by atoms with Gasteiger partial charge in [0.25, 0.3) is 0 Å². The molecule has 0 N–H and O–H groups in total. The van der Waals surface area contributed by atoms with Crippen molar-refractivity contribution < 1.29 is 17.7 Å². The van der Waals surface area contributed by atoms with Gasteiger partial charge in [-0.25, -0.2) is 29.9 Å². The lowest BCUT2D eigenvalue weighted by Gasteiger charge is -2.12. The Labute approximate surface area is 791 Å². The molecule has 10 aromatic heterocycles. The van der Waals surface area contributed by atoms with E-state index in [-0.39, 0.29) is 0 Å². The quantitative estimate of drug-likeness (QED) is 0.101. The summed E-state index contributed by atoms with van der Waals surface area (Å²) in [6.07, 6.45) is 11.0. The highest BCUT2D eigenvalue weighted by Crippen LogP contribution is 2.45. The summed E-state index contributed by atoms with van der Waals surface area (Å²) in [4.78, 5) is 43.8. The fourth-order valence-corrected chi connectivity index (χ4v) is 19.0. The third-order valence-electron chi connectivity index (χ3n) is 25.8. The summed E-state index contributed by atoms with van der Waals surface area (Å²) in [5, 5.41) is 13.4. The first-order valence-corrected chi connectivity index (χ1v) is 45.9. The van der Waals surface area contributed by atoms with Crippen LogP contribution in [0.3, 0.4) is 0 Å². The third-order valence-corrected chi connectivity index (χ3v) is 25.8. The predicted molar refractivity (Wildman–Crippen MR) is 560 cm³/mol. The molecule has 27 rings (SSSR count). The maximum atomic E-state index is 6.43. The first-order valence-electron chi connectivity index (χ1n) is 45.9. The molecule has 0 fully saturated rings. The number of para-hydroxylation sites is 8. The van der Waals surface area contributed by atoms with Gasteiger partial charge in [-0.2, -0.15) is 0 Å². The molecular formula is C125H77N9O4. The minimum atomic E-state index is 0.585. The molecule has 17 aromatic carbocycles. The van der Waals surface area contributed by atoms with E-state index < -0.39 is 0 Å². The molecule has 13 nitrogen and oxygen atoms in total. The van der Waals surface area contributed by atoms with Gasteiger partial charge >= 0.3 is 0 Å². The van der Waals surface area contributed by atoms with Crippen molar-refractivity contribution in [2.24, 2.45) is 0 Å². The number of pyridine rings is 3. The van der Waals surface area contributed by atoms with Crippen molar-refractivity contribution in [3.05, 3.63) is 468 Å². The van der Waals surface area contributed by atoms with Gasteiger partial charge in [-0.15, -0.1) is 0 Å². The van der Waals surface area contributed by atoms with E-state index in [1.165, 1.54) is 32.7 Å². The van der Waals surface area contributed by atoms with Crippen LogP contribution in [0.5, 0.6) is 0 Å². The van der Waals surface area contributed by atoms with Gasteiger partial charge in [0, 0.05) is 125 Å². The summed E-state index contributed by atoms with van der Waals surface area (Å²) < 4.78 is 25.7. The summed E-state index contributed by atoms with van der Waals surface area (Å²) in [7, 11) is 0. The van der Waals surface area contributed by atoms with Gasteiger partial charge in [-0.1, -0.05) is 322 Å². The number of furan rings is 4. The molecule has 0 unspecified atom stereocenters. The number of hydrogen-bond donors (Lipinski definition) is 0. The Bertz CT molecular complexity index is 9210. The second-order valence-electron chi connectivity index (χ2n) is 34.2. The van der Waals surface area contributed by atoms with Crippen LogP contribution in [0.15, 0.2) is 486 Å². The van der Waals surface area contributed by atoms with Crippen LogP contribution in [0.1, 0.15) is 0 Å². The van der Waals surface area contributed by atoms with Crippen LogP contribution < -0.4 is 0 Å². The number of hydrogen-bond acceptors (Lipinski definition) is 13. The maximum Gasteiger partial charge on any atom is 0.164 e. The van der Waals surface area contributed by atoms with Gasteiger partial charge in [0.15, 0.2) is 17.5 Å². The van der Waals surface area contributed by atoms with Crippen molar-refractivity contribution in [1.29, 1.82) is 0 Å². The smallest absolute Gasteiger partial charge is 0.164 e. The topological polar surface area (TPSA) is 169 Å². The molecule has 0 aliphatic heterocycles. The second-order valence-corrected chi connectivity index (χ2v) is 34.2. The highest BCUT2D eigenvalue weighted by atomic mass is 16.3. The SMILES string of the molecule is c1ccc2cc(-c3ccc(-c4cc(-c5ccc(-c6ccncc6)cc5)nc(-c5cccc6c5oc5ccccc56)n4)cc3)ccc2c1.c1cncc(-c2cccc(-c3cc(-c4ccc(-c5cccc6ccccc56)cc4)nc(-c4cccc5c4oc4ccccc45)n3)c2)c1.c1cncc(-c2cccc(-c3cc(-c4cccc5c4oc4ccccc45)nc(-c4cccc5c4oc4ccccc45)n3)c2)c1. The molecule has 0 atom stereocenters. The first kappa shape index (κ1) is 81.2. The van der Waals surface area contributed by atoms with Crippen LogP contribution in [-0.2, 0) is 0 Å². The van der Waals surface area contributed by atoms with Crippen LogP contribution >= 0.6 is 0 Å². The molecule has 10 heterocycles. The van der Waals surface area contributed by atoms with Gasteiger partial charge in [0.05, 0.1) is 50.9 Å². The number of aromatic nitrogens is 9. The molecule has 646 valence electrons. The van der Waals surface area contributed by atoms with E-state index in [0.29, 0.717) is 17.5 Å². The third kappa shape index (κ3) is 15.4. The second kappa shape index (κ2) is 35.0. The lowest BCUT2D eigenvalue weighted by atomic mass is 9.96. The van der Waals surface area contributed by atoms with Gasteiger partial charge in [0.2, 0.25) is 0 Å². The van der Waals surface area contributed by atoms with E-state index in [0.717, 1.165) is 216 Å². The fourth-order valence-electron chi connectivity index (χ4n) is 19.0. The Morgan fingerprint density at radius 3 is 0.891 bits per heavy atom. The highest BCUT2D eigenvalue weighted by Gasteiger charge is 2.24. The zero-order chi connectivity index (χ0) is 91.4. The van der Waals surface area contributed by atoms with E-state index >= 15 is 0 Å². The van der Waals surface area contributed by atoms with E-state index in [1.54, 1.807) is 12.4 Å². The van der Waals surface area contributed by atoms with Crippen molar-refractivity contribution in [3.63, 3.8) is 0 Å². The van der Waals surface area contributed by atoms with Crippen molar-refractivity contribution in [2.45, 2.75) is 0 Å². The van der Waals surface area contributed by atoms with Crippen LogP contribution in [0.4, 0.5) is 0 Å². The zero-order valence-corrected chi connectivity index (χ0v) is 74.1. The molecular weight excluding hydrogens is 1690 g/mol. The lowest BCUT2D eigenvalue weighted by molar-refractivity contribution is 0.669. The van der Waals surface area contributed by atoms with Gasteiger partial charge in [-0.3, -0.25) is 15.0 Å². The molecule has 0 aliphatic carbocycles. The summed E-state index contributed by atoms with van der Waals surface area (Å²) in [6, 6.07) is 148. The molecule has 27 aromatic rings. The van der Waals surface area contributed by atoms with Gasteiger partial charge in [-0.05, 0) is 175 Å². The minimum absolute atomic E-state index is 0.585. The molecule has 138 heavy (non-hydrogen) atoms. The molecule has 0 amide bonds. The number of nitrogens with zero attached hydrogens (tertiary/aromatic N) is 9. The van der Waals surface area contributed by atoms with E-state index in [4.69, 9.17) is 47.6 Å². The van der Waals surface area contributed by atoms with E-state index in [2.05, 4.69) is 318 Å². The summed E-state index contributed by atoms with van der Waals surface area (Å²) in [6.45, 7) is 0. The van der Waals surface area contributed by atoms with E-state index in [9.17, 15) is 0 Å². The average molecular weight is 1770 g/mol. The average Bonchev–Trinajstić information content (AvgIpc) is 1.54. The van der Waals surface area contributed by atoms with Crippen molar-refractivity contribution in [2.75, 3.05) is 0 Å². The number of rotatable bonds is 14. The predicted octanol–water partition coefficient (Wildman–Crippen LogP) is 32.9. The monoisotopic (exact) mass is 1770 g/mol. The molecule has 0 saturated heterocycles. The van der Waals surface area contributed by atoms with Crippen LogP contribution in [0.2, 0.25) is 0 Å². The largest absolute Gasteiger partial charge is 0.455 e. The molecule has 0 radical (unpaired) electrons. The number of fused-ring (bicyclic) bond motifs is 14. The Kier molecular flexibility index (Phi) is 20.6. The van der Waals surface area contributed by atoms with Crippen molar-refractivity contribution in [1.82, 2.24) is 44.9 Å². The first-order chi connectivity index (χ1) is 68.3. The lowest BCUT2D eigenvalue weighted by Crippen LogP contribution is -1.96. The fraction of sp³-hybridized carbons (Fsp3) is 0. The van der Waals surface area contributed by atoms with Crippen LogP contribution in [-0.4, -0.2) is 44.9 Å². The molecule has 0 spiro atoms. The maximum absolute atomic E-state index is 6.43. The van der Waals surface area contributed by atoms with Crippen LogP contribution in [0.25, 0.3) is 267 Å². The Hall–Kier alpha value is -18.9. The molecule has 0 aliphatic rings. The summed E-state index contributed by atoms with van der Waals surface area (Å²) in [5.41, 5.74) is 31.2. The van der Waals surface area contributed by atoms with Gasteiger partial charge in [0.1, 0.15) is 44.7 Å².